The molecule has 0 fully saturated rings. The maximum atomic E-state index is 9.90. The minimum atomic E-state index is -0.540. The first-order chi connectivity index (χ1) is 7.86. The number of hydrogen-bond acceptors (Lipinski definition) is 1. The van der Waals surface area contributed by atoms with Crippen LogP contribution < -0.4 is 0 Å². The number of aliphatic hydroxyl groups excluding tert-OH is 1. The molecule has 0 bridgehead atoms. The molecule has 2 rings (SSSR count). The number of hydrogen-bond donors (Lipinski definition) is 1. The molecule has 0 amide bonds. The van der Waals surface area contributed by atoms with Crippen LogP contribution in [0.4, 0.5) is 0 Å². The fraction of sp³-hybridized carbons (Fsp3) is 0.0667. The fourth-order valence-electron chi connectivity index (χ4n) is 1.53. The van der Waals surface area contributed by atoms with Crippen LogP contribution in [0.2, 0.25) is 0 Å². The molecule has 0 aliphatic carbocycles. The Hall–Kier alpha value is -1.86. The Kier molecular flexibility index (Phi) is 3.52. The van der Waals surface area contributed by atoms with Gasteiger partial charge in [0.25, 0.3) is 0 Å². The summed E-state index contributed by atoms with van der Waals surface area (Å²) in [4.78, 5) is 0. The summed E-state index contributed by atoms with van der Waals surface area (Å²) in [5, 5.41) is 9.90. The Labute approximate surface area is 95.7 Å². The molecule has 0 spiro atoms. The number of rotatable bonds is 3. The van der Waals surface area contributed by atoms with Crippen LogP contribution in [-0.2, 0) is 0 Å². The zero-order valence-corrected chi connectivity index (χ0v) is 8.95. The van der Waals surface area contributed by atoms with Gasteiger partial charge in [0.2, 0.25) is 0 Å². The van der Waals surface area contributed by atoms with Crippen LogP contribution in [0.25, 0.3) is 6.08 Å². The largest absolute Gasteiger partial charge is 0.384 e. The molecule has 1 nitrogen and oxygen atoms in total. The lowest BCUT2D eigenvalue weighted by molar-refractivity contribution is 0.229. The number of aliphatic hydroxyl groups is 1. The van der Waals surface area contributed by atoms with E-state index in [1.165, 1.54) is 0 Å². The molecule has 0 unspecified atom stereocenters. The van der Waals surface area contributed by atoms with Gasteiger partial charge in [-0.05, 0) is 11.1 Å². The molecule has 2 aromatic carbocycles. The van der Waals surface area contributed by atoms with Gasteiger partial charge in [0.05, 0.1) is 6.10 Å². The second-order valence-electron chi connectivity index (χ2n) is 3.63. The Bertz CT molecular complexity index is 445. The Morgan fingerprint density at radius 1 is 0.812 bits per heavy atom. The van der Waals surface area contributed by atoms with E-state index in [1.807, 2.05) is 66.7 Å². The lowest BCUT2D eigenvalue weighted by Gasteiger charge is -2.04. The molecule has 80 valence electrons. The topological polar surface area (TPSA) is 20.2 Å². The van der Waals surface area contributed by atoms with E-state index in [0.717, 1.165) is 11.1 Å². The van der Waals surface area contributed by atoms with Crippen LogP contribution >= 0.6 is 0 Å². The van der Waals surface area contributed by atoms with Gasteiger partial charge in [0.1, 0.15) is 0 Å². The molecule has 1 N–H and O–H groups in total. The molecule has 0 heterocycles. The van der Waals surface area contributed by atoms with Gasteiger partial charge in [-0.2, -0.15) is 0 Å². The first-order valence-electron chi connectivity index (χ1n) is 5.32. The van der Waals surface area contributed by atoms with Crippen molar-refractivity contribution in [1.82, 2.24) is 0 Å². The highest BCUT2D eigenvalue weighted by molar-refractivity contribution is 5.49. The average molecular weight is 210 g/mol. The van der Waals surface area contributed by atoms with Crippen LogP contribution in [0.15, 0.2) is 66.7 Å². The summed E-state index contributed by atoms with van der Waals surface area (Å²) in [6.07, 6.45) is 3.18. The van der Waals surface area contributed by atoms with Crippen LogP contribution in [0.5, 0.6) is 0 Å². The molecule has 0 radical (unpaired) electrons. The molecular weight excluding hydrogens is 196 g/mol. The molecule has 0 saturated heterocycles. The minimum Gasteiger partial charge on any atom is -0.384 e. The van der Waals surface area contributed by atoms with E-state index in [9.17, 15) is 5.11 Å². The van der Waals surface area contributed by atoms with E-state index in [-0.39, 0.29) is 0 Å². The maximum absolute atomic E-state index is 9.90. The van der Waals surface area contributed by atoms with Gasteiger partial charge >= 0.3 is 0 Å². The molecule has 1 heteroatoms. The smallest absolute Gasteiger partial charge is 0.0975 e. The van der Waals surface area contributed by atoms with Crippen molar-refractivity contribution in [2.45, 2.75) is 6.10 Å². The molecule has 0 aliphatic heterocycles. The van der Waals surface area contributed by atoms with Crippen molar-refractivity contribution in [2.24, 2.45) is 0 Å². The molecule has 2 aromatic rings. The Morgan fingerprint density at radius 2 is 1.38 bits per heavy atom. The van der Waals surface area contributed by atoms with Gasteiger partial charge in [-0.3, -0.25) is 0 Å². The zero-order valence-electron chi connectivity index (χ0n) is 8.95. The summed E-state index contributed by atoms with van der Waals surface area (Å²) in [6, 6.07) is 19.6. The Morgan fingerprint density at radius 3 is 2.00 bits per heavy atom. The zero-order chi connectivity index (χ0) is 11.2. The van der Waals surface area contributed by atoms with E-state index in [1.54, 1.807) is 6.08 Å². The van der Waals surface area contributed by atoms with E-state index in [4.69, 9.17) is 0 Å². The second kappa shape index (κ2) is 5.29. The van der Waals surface area contributed by atoms with Crippen molar-refractivity contribution in [2.75, 3.05) is 0 Å². The van der Waals surface area contributed by atoms with Gasteiger partial charge in [0.15, 0.2) is 0 Å². The third-order valence-electron chi connectivity index (χ3n) is 2.41. The van der Waals surface area contributed by atoms with Crippen molar-refractivity contribution >= 4 is 6.08 Å². The lowest BCUT2D eigenvalue weighted by atomic mass is 10.1. The summed E-state index contributed by atoms with van der Waals surface area (Å²) in [7, 11) is 0. The van der Waals surface area contributed by atoms with E-state index >= 15 is 0 Å². The summed E-state index contributed by atoms with van der Waals surface area (Å²) < 4.78 is 0. The highest BCUT2D eigenvalue weighted by atomic mass is 16.3. The third-order valence-corrected chi connectivity index (χ3v) is 2.41. The number of benzene rings is 2. The minimum absolute atomic E-state index is 0.540. The first kappa shape index (κ1) is 10.7. The molecule has 0 aromatic heterocycles. The Balaban J connectivity index is 2.08. The van der Waals surface area contributed by atoms with Gasteiger partial charge in [0, 0.05) is 0 Å². The molecular formula is C15H14O. The first-order valence-corrected chi connectivity index (χ1v) is 5.32. The lowest BCUT2D eigenvalue weighted by Crippen LogP contribution is -1.91. The quantitative estimate of drug-likeness (QED) is 0.822. The molecule has 1 atom stereocenters. The van der Waals surface area contributed by atoms with Crippen molar-refractivity contribution in [3.63, 3.8) is 0 Å². The van der Waals surface area contributed by atoms with Crippen LogP contribution in [0.3, 0.4) is 0 Å². The van der Waals surface area contributed by atoms with Gasteiger partial charge in [-0.1, -0.05) is 72.8 Å². The predicted molar refractivity (Wildman–Crippen MR) is 66.9 cm³/mol. The van der Waals surface area contributed by atoms with Crippen LogP contribution in [0, 0.1) is 0 Å². The van der Waals surface area contributed by atoms with Gasteiger partial charge in [-0.15, -0.1) is 0 Å². The van der Waals surface area contributed by atoms with E-state index in [2.05, 4.69) is 0 Å². The summed E-state index contributed by atoms with van der Waals surface area (Å²) in [5.74, 6) is 0. The summed E-state index contributed by atoms with van der Waals surface area (Å²) in [6.45, 7) is 0. The second-order valence-corrected chi connectivity index (χ2v) is 3.63. The maximum Gasteiger partial charge on any atom is 0.0975 e. The van der Waals surface area contributed by atoms with Crippen LogP contribution in [0.1, 0.15) is 17.2 Å². The highest BCUT2D eigenvalue weighted by Gasteiger charge is 2.00. The summed E-state index contributed by atoms with van der Waals surface area (Å²) in [5.41, 5.74) is 2.01. The van der Waals surface area contributed by atoms with Crippen molar-refractivity contribution in [1.29, 1.82) is 0 Å². The SMILES string of the molecule is O[C@@H](/C=C\c1ccccc1)c1ccccc1. The standard InChI is InChI=1S/C15H14O/c16-15(14-9-5-2-6-10-14)12-11-13-7-3-1-4-8-13/h1-12,15-16H/b12-11-/t15-/m0/s1. The summed E-state index contributed by atoms with van der Waals surface area (Å²) >= 11 is 0. The van der Waals surface area contributed by atoms with Gasteiger partial charge in [-0.25, -0.2) is 0 Å². The predicted octanol–water partition coefficient (Wildman–Crippen LogP) is 3.43. The third kappa shape index (κ3) is 2.81. The van der Waals surface area contributed by atoms with Crippen molar-refractivity contribution in [3.05, 3.63) is 77.9 Å². The van der Waals surface area contributed by atoms with Crippen LogP contribution in [-0.4, -0.2) is 5.11 Å². The van der Waals surface area contributed by atoms with Crippen molar-refractivity contribution in [3.8, 4) is 0 Å². The monoisotopic (exact) mass is 210 g/mol. The van der Waals surface area contributed by atoms with Gasteiger partial charge < -0.3 is 5.11 Å². The normalized spacial score (nSPS) is 12.8. The average Bonchev–Trinajstić information content (AvgIpc) is 2.38. The van der Waals surface area contributed by atoms with E-state index < -0.39 is 6.10 Å². The molecule has 16 heavy (non-hydrogen) atoms. The molecule has 0 aliphatic rings. The highest BCUT2D eigenvalue weighted by Crippen LogP contribution is 2.14. The fourth-order valence-corrected chi connectivity index (χ4v) is 1.53. The van der Waals surface area contributed by atoms with Crippen molar-refractivity contribution < 1.29 is 5.11 Å². The molecule has 0 saturated carbocycles. The van der Waals surface area contributed by atoms with E-state index in [0.29, 0.717) is 0 Å².